The van der Waals surface area contributed by atoms with Crippen LogP contribution in [0.25, 0.3) is 42.4 Å². The van der Waals surface area contributed by atoms with Gasteiger partial charge in [-0.1, -0.05) is 84.9 Å². The maximum Gasteiger partial charge on any atom is 0.0463 e. The predicted molar refractivity (Wildman–Crippen MR) is 140 cm³/mol. The van der Waals surface area contributed by atoms with Crippen LogP contribution in [0.1, 0.15) is 0 Å². The first kappa shape index (κ1) is 18.9. The number of rotatable bonds is 4. The smallest absolute Gasteiger partial charge is 0.0463 e. The van der Waals surface area contributed by atoms with Crippen molar-refractivity contribution < 1.29 is 0 Å². The molecule has 1 nitrogen and oxygen atoms in total. The van der Waals surface area contributed by atoms with Crippen molar-refractivity contribution in [2.45, 2.75) is 0 Å². The topological polar surface area (TPSA) is 12.0 Å². The molecule has 32 heavy (non-hydrogen) atoms. The van der Waals surface area contributed by atoms with Gasteiger partial charge < -0.3 is 5.32 Å². The molecule has 1 aromatic heterocycles. The quantitative estimate of drug-likeness (QED) is 0.296. The number of hydrogen-bond donors (Lipinski definition) is 1. The molecular weight excluding hydrogens is 406 g/mol. The highest BCUT2D eigenvalue weighted by Crippen LogP contribution is 2.37. The molecule has 0 bridgehead atoms. The van der Waals surface area contributed by atoms with E-state index >= 15 is 0 Å². The molecule has 2 heteroatoms. The molecule has 0 radical (unpaired) electrons. The van der Waals surface area contributed by atoms with Crippen molar-refractivity contribution in [2.24, 2.45) is 0 Å². The summed E-state index contributed by atoms with van der Waals surface area (Å²) in [6.07, 6.45) is 0. The van der Waals surface area contributed by atoms with Crippen LogP contribution in [0.4, 0.5) is 11.4 Å². The van der Waals surface area contributed by atoms with Crippen molar-refractivity contribution in [1.29, 1.82) is 0 Å². The number of para-hydroxylation sites is 1. The van der Waals surface area contributed by atoms with Gasteiger partial charge in [-0.05, 0) is 53.1 Å². The minimum atomic E-state index is 1.08. The second-order valence-electron chi connectivity index (χ2n) is 7.93. The van der Waals surface area contributed by atoms with Crippen LogP contribution in [0.15, 0.2) is 121 Å². The number of nitrogens with one attached hydrogen (secondary N) is 1. The van der Waals surface area contributed by atoms with E-state index in [1.807, 2.05) is 11.3 Å². The summed E-state index contributed by atoms with van der Waals surface area (Å²) < 4.78 is 2.67. The molecule has 0 saturated carbocycles. The summed E-state index contributed by atoms with van der Waals surface area (Å²) in [7, 11) is 0. The third kappa shape index (κ3) is 3.45. The fourth-order valence-corrected chi connectivity index (χ4v) is 5.39. The van der Waals surface area contributed by atoms with Gasteiger partial charge in [-0.3, -0.25) is 0 Å². The van der Waals surface area contributed by atoms with Gasteiger partial charge in [0.1, 0.15) is 0 Å². The zero-order chi connectivity index (χ0) is 21.3. The molecule has 0 spiro atoms. The van der Waals surface area contributed by atoms with Crippen molar-refractivity contribution >= 4 is 42.9 Å². The highest BCUT2D eigenvalue weighted by Gasteiger charge is 2.08. The molecule has 152 valence electrons. The summed E-state index contributed by atoms with van der Waals surface area (Å²) in [6, 6.07) is 43.1. The number of fused-ring (bicyclic) bond motifs is 3. The van der Waals surface area contributed by atoms with Crippen LogP contribution in [0, 0.1) is 0 Å². The maximum atomic E-state index is 3.65. The molecule has 6 aromatic rings. The number of benzene rings is 5. The molecule has 0 aliphatic heterocycles. The lowest BCUT2D eigenvalue weighted by Gasteiger charge is -2.13. The van der Waals surface area contributed by atoms with Crippen molar-refractivity contribution in [3.05, 3.63) is 121 Å². The monoisotopic (exact) mass is 427 g/mol. The Balaban J connectivity index is 1.38. The van der Waals surface area contributed by atoms with E-state index in [1.54, 1.807) is 0 Å². The van der Waals surface area contributed by atoms with Crippen molar-refractivity contribution in [3.63, 3.8) is 0 Å². The summed E-state index contributed by atoms with van der Waals surface area (Å²) in [4.78, 5) is 0. The molecular formula is C30H21NS. The van der Waals surface area contributed by atoms with E-state index in [0.29, 0.717) is 0 Å². The SMILES string of the molecule is c1ccc(-c2ccccc2Nc2cccc(-c3ccc4sc5ccccc5c4c3)c2)cc1. The molecule has 0 aliphatic carbocycles. The molecule has 0 aliphatic rings. The second kappa shape index (κ2) is 7.99. The third-order valence-electron chi connectivity index (χ3n) is 5.86. The van der Waals surface area contributed by atoms with Crippen molar-refractivity contribution in [2.75, 3.05) is 5.32 Å². The van der Waals surface area contributed by atoms with Crippen LogP contribution in [-0.2, 0) is 0 Å². The van der Waals surface area contributed by atoms with Crippen molar-refractivity contribution in [1.82, 2.24) is 0 Å². The summed E-state index contributed by atoms with van der Waals surface area (Å²) in [6.45, 7) is 0. The van der Waals surface area contributed by atoms with Crippen molar-refractivity contribution in [3.8, 4) is 22.3 Å². The van der Waals surface area contributed by atoms with Gasteiger partial charge in [-0.15, -0.1) is 11.3 Å². The fraction of sp³-hybridized carbons (Fsp3) is 0. The van der Waals surface area contributed by atoms with Gasteiger partial charge in [0.2, 0.25) is 0 Å². The minimum Gasteiger partial charge on any atom is -0.355 e. The van der Waals surface area contributed by atoms with Gasteiger partial charge in [0.25, 0.3) is 0 Å². The van der Waals surface area contributed by atoms with Crippen LogP contribution < -0.4 is 5.32 Å². The summed E-state index contributed by atoms with van der Waals surface area (Å²) in [5.74, 6) is 0. The Morgan fingerprint density at radius 3 is 2.12 bits per heavy atom. The Morgan fingerprint density at radius 2 is 1.19 bits per heavy atom. The molecule has 6 rings (SSSR count). The second-order valence-corrected chi connectivity index (χ2v) is 9.01. The fourth-order valence-electron chi connectivity index (χ4n) is 4.30. The molecule has 0 fully saturated rings. The van der Waals surface area contributed by atoms with Crippen LogP contribution in [0.3, 0.4) is 0 Å². The van der Waals surface area contributed by atoms with E-state index in [0.717, 1.165) is 11.4 Å². The largest absolute Gasteiger partial charge is 0.355 e. The van der Waals surface area contributed by atoms with Gasteiger partial charge in [0.15, 0.2) is 0 Å². The van der Waals surface area contributed by atoms with Gasteiger partial charge >= 0.3 is 0 Å². The highest BCUT2D eigenvalue weighted by atomic mass is 32.1. The van der Waals surface area contributed by atoms with E-state index in [1.165, 1.54) is 42.4 Å². The zero-order valence-electron chi connectivity index (χ0n) is 17.5. The first-order valence-electron chi connectivity index (χ1n) is 10.8. The first-order valence-corrected chi connectivity index (χ1v) is 11.6. The Kier molecular flexibility index (Phi) is 4.71. The molecule has 5 aromatic carbocycles. The molecule has 0 saturated heterocycles. The highest BCUT2D eigenvalue weighted by molar-refractivity contribution is 7.25. The molecule has 1 N–H and O–H groups in total. The average Bonchev–Trinajstić information content (AvgIpc) is 3.23. The van der Waals surface area contributed by atoms with Gasteiger partial charge in [-0.2, -0.15) is 0 Å². The Labute approximate surface area is 191 Å². The van der Waals surface area contributed by atoms with Gasteiger partial charge in [-0.25, -0.2) is 0 Å². The Morgan fingerprint density at radius 1 is 0.469 bits per heavy atom. The maximum absolute atomic E-state index is 3.65. The molecule has 0 atom stereocenters. The first-order chi connectivity index (χ1) is 15.8. The standard InChI is InChI=1S/C30H21NS/c1-2-9-21(10-3-1)25-13-4-6-15-28(25)31-24-12-8-11-22(19-24)23-17-18-30-27(20-23)26-14-5-7-16-29(26)32-30/h1-20,31H. The van der Waals surface area contributed by atoms with Gasteiger partial charge in [0.05, 0.1) is 0 Å². The predicted octanol–water partition coefficient (Wildman–Crippen LogP) is 9.13. The number of thiophene rings is 1. The van der Waals surface area contributed by atoms with Crippen LogP contribution >= 0.6 is 11.3 Å². The average molecular weight is 428 g/mol. The van der Waals surface area contributed by atoms with E-state index in [4.69, 9.17) is 0 Å². The lowest BCUT2D eigenvalue weighted by Crippen LogP contribution is -1.93. The lowest BCUT2D eigenvalue weighted by molar-refractivity contribution is 1.53. The minimum absolute atomic E-state index is 1.08. The van der Waals surface area contributed by atoms with Crippen LogP contribution in [-0.4, -0.2) is 0 Å². The van der Waals surface area contributed by atoms with E-state index < -0.39 is 0 Å². The Bertz CT molecular complexity index is 1550. The van der Waals surface area contributed by atoms with E-state index in [9.17, 15) is 0 Å². The normalized spacial score (nSPS) is 11.1. The number of anilines is 2. The number of hydrogen-bond acceptors (Lipinski definition) is 2. The van der Waals surface area contributed by atoms with E-state index in [2.05, 4.69) is 127 Å². The molecule has 0 unspecified atom stereocenters. The lowest BCUT2D eigenvalue weighted by atomic mass is 10.0. The van der Waals surface area contributed by atoms with Crippen LogP contribution in [0.5, 0.6) is 0 Å². The van der Waals surface area contributed by atoms with Crippen LogP contribution in [0.2, 0.25) is 0 Å². The Hall–Kier alpha value is -3.88. The summed E-state index contributed by atoms with van der Waals surface area (Å²) >= 11 is 1.86. The molecule has 1 heterocycles. The van der Waals surface area contributed by atoms with Gasteiger partial charge in [0, 0.05) is 37.1 Å². The molecule has 0 amide bonds. The summed E-state index contributed by atoms with van der Waals surface area (Å²) in [5.41, 5.74) is 7.05. The summed E-state index contributed by atoms with van der Waals surface area (Å²) in [5, 5.41) is 6.31. The van der Waals surface area contributed by atoms with E-state index in [-0.39, 0.29) is 0 Å². The third-order valence-corrected chi connectivity index (χ3v) is 7.02. The zero-order valence-corrected chi connectivity index (χ0v) is 18.3.